The number of carbonyl (C=O) groups excluding carboxylic acids is 1. The second-order valence-corrected chi connectivity index (χ2v) is 9.13. The first-order valence-corrected chi connectivity index (χ1v) is 12.4. The largest absolute Gasteiger partial charge is 0.489 e. The number of rotatable bonds is 6. The van der Waals surface area contributed by atoms with E-state index in [1.165, 1.54) is 0 Å². The van der Waals surface area contributed by atoms with E-state index in [0.717, 1.165) is 16.5 Å². The summed E-state index contributed by atoms with van der Waals surface area (Å²) in [4.78, 5) is 25.5. The topological polar surface area (TPSA) is 80.6 Å². The summed E-state index contributed by atoms with van der Waals surface area (Å²) in [6.07, 6.45) is 0. The van der Waals surface area contributed by atoms with Gasteiger partial charge in [0.2, 0.25) is 0 Å². The lowest BCUT2D eigenvalue weighted by Gasteiger charge is -2.14. The van der Waals surface area contributed by atoms with Gasteiger partial charge in [0.05, 0.1) is 5.56 Å². The van der Waals surface area contributed by atoms with Crippen molar-refractivity contribution in [2.45, 2.75) is 13.5 Å². The summed E-state index contributed by atoms with van der Waals surface area (Å²) in [7, 11) is 0. The van der Waals surface area contributed by atoms with Crippen LogP contribution in [-0.2, 0) is 6.61 Å². The van der Waals surface area contributed by atoms with Gasteiger partial charge in [0.25, 0.3) is 5.91 Å². The number of nitrogens with one attached hydrogen (secondary N) is 2. The predicted octanol–water partition coefficient (Wildman–Crippen LogP) is 6.47. The fraction of sp³-hybridized carbons (Fsp3) is 0.0645. The number of ether oxygens (including phenoxy) is 1. The van der Waals surface area contributed by atoms with Crippen molar-refractivity contribution in [3.8, 4) is 16.9 Å². The van der Waals surface area contributed by atoms with Crippen molar-refractivity contribution in [2.24, 2.45) is 0 Å². The highest BCUT2D eigenvalue weighted by molar-refractivity contribution is 7.80. The van der Waals surface area contributed by atoms with Crippen molar-refractivity contribution < 1.29 is 13.9 Å². The van der Waals surface area contributed by atoms with Gasteiger partial charge in [0.1, 0.15) is 17.9 Å². The van der Waals surface area contributed by atoms with E-state index >= 15 is 0 Å². The standard InChI is InChI=1S/C31H24N2O4S/c1-20-14-15-22(26-17-23-10-5-6-13-28(23)37-30(26)35)18-27(20)32-31(38)33-29(34)24-11-7-12-25(16-24)36-19-21-8-3-2-4-9-21/h2-18H,19H2,1H3,(H2,32,33,34,38). The average Bonchev–Trinajstić information content (AvgIpc) is 2.93. The van der Waals surface area contributed by atoms with Gasteiger partial charge in [-0.25, -0.2) is 4.79 Å². The van der Waals surface area contributed by atoms with Gasteiger partial charge in [0, 0.05) is 16.6 Å². The zero-order valence-electron chi connectivity index (χ0n) is 20.6. The fourth-order valence-electron chi connectivity index (χ4n) is 3.98. The quantitative estimate of drug-likeness (QED) is 0.197. The maximum Gasteiger partial charge on any atom is 0.344 e. The summed E-state index contributed by atoms with van der Waals surface area (Å²) >= 11 is 5.41. The summed E-state index contributed by atoms with van der Waals surface area (Å²) < 4.78 is 11.3. The summed E-state index contributed by atoms with van der Waals surface area (Å²) in [5, 5.41) is 6.75. The summed E-state index contributed by atoms with van der Waals surface area (Å²) in [6, 6.07) is 31.4. The van der Waals surface area contributed by atoms with Crippen LogP contribution in [0.1, 0.15) is 21.5 Å². The molecule has 38 heavy (non-hydrogen) atoms. The summed E-state index contributed by atoms with van der Waals surface area (Å²) in [6.45, 7) is 2.31. The minimum absolute atomic E-state index is 0.136. The Morgan fingerprint density at radius 3 is 2.53 bits per heavy atom. The SMILES string of the molecule is Cc1ccc(-c2cc3ccccc3oc2=O)cc1NC(=S)NC(=O)c1cccc(OCc2ccccc2)c1. The maximum absolute atomic E-state index is 12.9. The third-order valence-corrected chi connectivity index (χ3v) is 6.21. The lowest BCUT2D eigenvalue weighted by molar-refractivity contribution is 0.0977. The van der Waals surface area contributed by atoms with Crippen molar-refractivity contribution in [2.75, 3.05) is 5.32 Å². The van der Waals surface area contributed by atoms with Crippen molar-refractivity contribution in [3.05, 3.63) is 130 Å². The number of carbonyl (C=O) groups is 1. The van der Waals surface area contributed by atoms with E-state index in [0.29, 0.717) is 40.3 Å². The Balaban J connectivity index is 1.28. The van der Waals surface area contributed by atoms with Crippen molar-refractivity contribution in [1.82, 2.24) is 5.32 Å². The van der Waals surface area contributed by atoms with E-state index in [9.17, 15) is 9.59 Å². The normalized spacial score (nSPS) is 10.7. The van der Waals surface area contributed by atoms with Gasteiger partial charge in [0.15, 0.2) is 5.11 Å². The molecule has 7 heteroatoms. The smallest absolute Gasteiger partial charge is 0.344 e. The molecular weight excluding hydrogens is 496 g/mol. The average molecular weight is 521 g/mol. The van der Waals surface area contributed by atoms with E-state index in [2.05, 4.69) is 10.6 Å². The molecule has 5 rings (SSSR count). The summed E-state index contributed by atoms with van der Waals surface area (Å²) in [5.74, 6) is 0.217. The number of amides is 1. The number of benzene rings is 4. The summed E-state index contributed by atoms with van der Waals surface area (Å²) in [5.41, 5.74) is 4.23. The first kappa shape index (κ1) is 24.9. The molecule has 0 atom stereocenters. The molecule has 0 saturated heterocycles. The zero-order valence-corrected chi connectivity index (χ0v) is 21.4. The lowest BCUT2D eigenvalue weighted by atomic mass is 10.0. The van der Waals surface area contributed by atoms with Gasteiger partial charge in [-0.1, -0.05) is 66.7 Å². The van der Waals surface area contributed by atoms with Gasteiger partial charge in [-0.15, -0.1) is 0 Å². The Kier molecular flexibility index (Phi) is 7.28. The molecule has 2 N–H and O–H groups in total. The molecule has 1 heterocycles. The Hall–Kier alpha value is -4.75. The van der Waals surface area contributed by atoms with Crippen LogP contribution >= 0.6 is 12.2 Å². The number of thiocarbonyl (C=S) groups is 1. The number of anilines is 1. The molecule has 0 bridgehead atoms. The Labute approximate surface area is 224 Å². The van der Waals surface area contributed by atoms with Gasteiger partial charge in [-0.2, -0.15) is 0 Å². The van der Waals surface area contributed by atoms with Crippen LogP contribution in [-0.4, -0.2) is 11.0 Å². The first-order valence-electron chi connectivity index (χ1n) is 12.0. The van der Waals surface area contributed by atoms with Crippen LogP contribution in [0.3, 0.4) is 0 Å². The van der Waals surface area contributed by atoms with E-state index in [1.807, 2.05) is 79.7 Å². The number of fused-ring (bicyclic) bond motifs is 1. The third kappa shape index (κ3) is 5.79. The number of hydrogen-bond donors (Lipinski definition) is 2. The van der Waals surface area contributed by atoms with Crippen LogP contribution in [0.25, 0.3) is 22.1 Å². The molecule has 0 aliphatic carbocycles. The van der Waals surface area contributed by atoms with Crippen LogP contribution < -0.4 is 21.0 Å². The molecule has 188 valence electrons. The Bertz CT molecular complexity index is 1700. The second-order valence-electron chi connectivity index (χ2n) is 8.73. The molecule has 0 fully saturated rings. The molecule has 0 saturated carbocycles. The first-order chi connectivity index (χ1) is 18.5. The second kappa shape index (κ2) is 11.1. The van der Waals surface area contributed by atoms with Crippen LogP contribution in [0.5, 0.6) is 5.75 Å². The fourth-order valence-corrected chi connectivity index (χ4v) is 4.19. The van der Waals surface area contributed by atoms with Crippen molar-refractivity contribution >= 4 is 39.9 Å². The minimum atomic E-state index is -0.427. The minimum Gasteiger partial charge on any atom is -0.489 e. The van der Waals surface area contributed by atoms with Crippen LogP contribution in [0.2, 0.25) is 0 Å². The molecule has 0 radical (unpaired) electrons. The van der Waals surface area contributed by atoms with Gasteiger partial charge >= 0.3 is 5.63 Å². The Morgan fingerprint density at radius 1 is 0.895 bits per heavy atom. The number of para-hydroxylation sites is 1. The van der Waals surface area contributed by atoms with Crippen LogP contribution in [0.15, 0.2) is 112 Å². The molecule has 5 aromatic rings. The van der Waals surface area contributed by atoms with Crippen LogP contribution in [0, 0.1) is 6.92 Å². The maximum atomic E-state index is 12.9. The molecule has 4 aromatic carbocycles. The molecule has 0 unspecified atom stereocenters. The van der Waals surface area contributed by atoms with Gasteiger partial charge in [-0.05, 0) is 72.2 Å². The van der Waals surface area contributed by atoms with E-state index < -0.39 is 5.63 Å². The number of aryl methyl sites for hydroxylation is 1. The Morgan fingerprint density at radius 2 is 1.68 bits per heavy atom. The molecular formula is C31H24N2O4S. The zero-order chi connectivity index (χ0) is 26.5. The molecule has 0 spiro atoms. The highest BCUT2D eigenvalue weighted by Gasteiger charge is 2.13. The monoisotopic (exact) mass is 520 g/mol. The van der Waals surface area contributed by atoms with E-state index in [4.69, 9.17) is 21.4 Å². The molecule has 0 aliphatic heterocycles. The van der Waals surface area contributed by atoms with Gasteiger partial charge < -0.3 is 14.5 Å². The lowest BCUT2D eigenvalue weighted by Crippen LogP contribution is -2.34. The van der Waals surface area contributed by atoms with E-state index in [1.54, 1.807) is 30.3 Å². The predicted molar refractivity (Wildman–Crippen MR) is 154 cm³/mol. The molecule has 0 aliphatic rings. The van der Waals surface area contributed by atoms with Crippen LogP contribution in [0.4, 0.5) is 5.69 Å². The highest BCUT2D eigenvalue weighted by Crippen LogP contribution is 2.26. The number of hydrogen-bond acceptors (Lipinski definition) is 5. The molecule has 6 nitrogen and oxygen atoms in total. The van der Waals surface area contributed by atoms with E-state index in [-0.39, 0.29) is 11.0 Å². The van der Waals surface area contributed by atoms with Crippen molar-refractivity contribution in [1.29, 1.82) is 0 Å². The molecule has 1 amide bonds. The third-order valence-electron chi connectivity index (χ3n) is 6.01. The molecule has 1 aromatic heterocycles. The highest BCUT2D eigenvalue weighted by atomic mass is 32.1. The van der Waals surface area contributed by atoms with Gasteiger partial charge in [-0.3, -0.25) is 10.1 Å². The van der Waals surface area contributed by atoms with Crippen molar-refractivity contribution in [3.63, 3.8) is 0 Å².